The van der Waals surface area contributed by atoms with Crippen LogP contribution >= 0.6 is 0 Å². The van der Waals surface area contributed by atoms with E-state index >= 15 is 0 Å². The Kier molecular flexibility index (Phi) is 4.35. The average molecular weight is 379 g/mol. The number of carbonyl (C=O) groups is 2. The van der Waals surface area contributed by atoms with Gasteiger partial charge in [-0.3, -0.25) is 19.5 Å². The first-order valence-electron chi connectivity index (χ1n) is 8.57. The van der Waals surface area contributed by atoms with Gasteiger partial charge in [-0.1, -0.05) is 18.2 Å². The quantitative estimate of drug-likeness (QED) is 0.704. The lowest BCUT2D eigenvalue weighted by Gasteiger charge is -2.50. The first kappa shape index (κ1) is 17.8. The van der Waals surface area contributed by atoms with Crippen LogP contribution in [0.1, 0.15) is 12.0 Å². The van der Waals surface area contributed by atoms with Crippen molar-refractivity contribution in [2.24, 2.45) is 0 Å². The van der Waals surface area contributed by atoms with Crippen molar-refractivity contribution in [1.29, 1.82) is 0 Å². The number of nitrogens with zero attached hydrogens (tertiary/aromatic N) is 2. The van der Waals surface area contributed by atoms with Gasteiger partial charge in [0.2, 0.25) is 5.91 Å². The normalized spacial score (nSPS) is 18.5. The molecule has 7 heteroatoms. The number of halogens is 2. The predicted molar refractivity (Wildman–Crippen MR) is 99.4 cm³/mol. The fourth-order valence-corrected chi connectivity index (χ4v) is 3.43. The summed E-state index contributed by atoms with van der Waals surface area (Å²) in [6, 6.07) is 14.3. The second-order valence-electron chi connectivity index (χ2n) is 6.45. The van der Waals surface area contributed by atoms with Crippen molar-refractivity contribution in [3.63, 3.8) is 0 Å². The second kappa shape index (κ2) is 6.84. The SMILES string of the molecule is O=C1CC(C(=O)Nc2cccc(F)c2)(c2cccnc2)N1c1cccc(F)c1. The van der Waals surface area contributed by atoms with E-state index in [2.05, 4.69) is 10.3 Å². The maximum absolute atomic E-state index is 13.8. The molecule has 1 fully saturated rings. The van der Waals surface area contributed by atoms with Crippen molar-refractivity contribution in [3.8, 4) is 0 Å². The van der Waals surface area contributed by atoms with E-state index in [4.69, 9.17) is 0 Å². The van der Waals surface area contributed by atoms with E-state index in [-0.39, 0.29) is 23.7 Å². The third-order valence-corrected chi connectivity index (χ3v) is 4.70. The summed E-state index contributed by atoms with van der Waals surface area (Å²) in [5, 5.41) is 2.66. The van der Waals surface area contributed by atoms with E-state index in [1.54, 1.807) is 30.5 Å². The van der Waals surface area contributed by atoms with E-state index < -0.39 is 23.1 Å². The van der Waals surface area contributed by atoms with Gasteiger partial charge in [0, 0.05) is 29.3 Å². The lowest BCUT2D eigenvalue weighted by molar-refractivity contribution is -0.137. The molecule has 140 valence electrons. The molecule has 0 aliphatic carbocycles. The molecule has 1 atom stereocenters. The lowest BCUT2D eigenvalue weighted by Crippen LogP contribution is -2.67. The Balaban J connectivity index is 1.79. The minimum atomic E-state index is -1.41. The van der Waals surface area contributed by atoms with Crippen LogP contribution in [0.3, 0.4) is 0 Å². The van der Waals surface area contributed by atoms with Crippen LogP contribution in [-0.2, 0) is 15.1 Å². The molecule has 1 aliphatic rings. The van der Waals surface area contributed by atoms with Gasteiger partial charge >= 0.3 is 0 Å². The van der Waals surface area contributed by atoms with Gasteiger partial charge in [-0.25, -0.2) is 8.78 Å². The van der Waals surface area contributed by atoms with Crippen molar-refractivity contribution < 1.29 is 18.4 Å². The molecule has 4 rings (SSSR count). The smallest absolute Gasteiger partial charge is 0.255 e. The van der Waals surface area contributed by atoms with Gasteiger partial charge in [0.25, 0.3) is 5.91 Å². The molecular formula is C21H15F2N3O2. The molecule has 5 nitrogen and oxygen atoms in total. The molecule has 2 aromatic carbocycles. The summed E-state index contributed by atoms with van der Waals surface area (Å²) in [5.41, 5.74) is -0.417. The summed E-state index contributed by atoms with van der Waals surface area (Å²) in [6.45, 7) is 0. The molecule has 0 bridgehead atoms. The van der Waals surface area contributed by atoms with E-state index in [1.165, 1.54) is 47.5 Å². The predicted octanol–water partition coefficient (Wildman–Crippen LogP) is 3.63. The zero-order valence-electron chi connectivity index (χ0n) is 14.6. The maximum Gasteiger partial charge on any atom is 0.255 e. The van der Waals surface area contributed by atoms with Gasteiger partial charge in [-0.2, -0.15) is 0 Å². The third kappa shape index (κ3) is 2.90. The Hall–Kier alpha value is -3.61. The molecule has 2 amide bonds. The number of anilines is 2. The molecule has 2 heterocycles. The molecule has 0 radical (unpaired) electrons. The average Bonchev–Trinajstić information content (AvgIpc) is 2.66. The van der Waals surface area contributed by atoms with Crippen LogP contribution in [-0.4, -0.2) is 16.8 Å². The Morgan fingerprint density at radius 1 is 1.04 bits per heavy atom. The number of hydrogen-bond acceptors (Lipinski definition) is 3. The summed E-state index contributed by atoms with van der Waals surface area (Å²) in [5.74, 6) is -1.89. The first-order chi connectivity index (χ1) is 13.5. The lowest BCUT2D eigenvalue weighted by atomic mass is 9.76. The number of nitrogens with one attached hydrogen (secondary N) is 1. The van der Waals surface area contributed by atoms with Crippen LogP contribution in [0.25, 0.3) is 0 Å². The topological polar surface area (TPSA) is 62.3 Å². The van der Waals surface area contributed by atoms with E-state index in [0.717, 1.165) is 0 Å². The summed E-state index contributed by atoms with van der Waals surface area (Å²) >= 11 is 0. The number of amides is 2. The number of β-lactam (4-membered cyclic amide) rings is 1. The molecular weight excluding hydrogens is 364 g/mol. The molecule has 28 heavy (non-hydrogen) atoms. The second-order valence-corrected chi connectivity index (χ2v) is 6.45. The van der Waals surface area contributed by atoms with E-state index in [1.807, 2.05) is 0 Å². The molecule has 0 saturated carbocycles. The molecule has 1 unspecified atom stereocenters. The van der Waals surface area contributed by atoms with Crippen molar-refractivity contribution >= 4 is 23.2 Å². The minimum Gasteiger partial charge on any atom is -0.324 e. The molecule has 1 aromatic heterocycles. The minimum absolute atomic E-state index is 0.115. The van der Waals surface area contributed by atoms with Crippen LogP contribution < -0.4 is 10.2 Å². The van der Waals surface area contributed by atoms with Gasteiger partial charge in [-0.05, 0) is 42.5 Å². The standard InChI is InChI=1S/C21H15F2N3O2/c22-15-5-1-7-17(10-15)25-20(28)21(14-4-3-9-24-13-14)12-19(27)26(21)18-8-2-6-16(23)11-18/h1-11,13H,12H2,(H,25,28). The molecule has 1 N–H and O–H groups in total. The summed E-state index contributed by atoms with van der Waals surface area (Å²) in [7, 11) is 0. The molecule has 0 spiro atoms. The zero-order valence-corrected chi connectivity index (χ0v) is 14.6. The third-order valence-electron chi connectivity index (χ3n) is 4.70. The number of pyridine rings is 1. The van der Waals surface area contributed by atoms with Crippen LogP contribution in [0, 0.1) is 11.6 Å². The van der Waals surface area contributed by atoms with Crippen LogP contribution in [0.15, 0.2) is 73.1 Å². The fourth-order valence-electron chi connectivity index (χ4n) is 3.43. The first-order valence-corrected chi connectivity index (χ1v) is 8.57. The van der Waals surface area contributed by atoms with Crippen LogP contribution in [0.4, 0.5) is 20.2 Å². The number of carbonyl (C=O) groups excluding carboxylic acids is 2. The number of hydrogen-bond donors (Lipinski definition) is 1. The molecule has 1 saturated heterocycles. The zero-order chi connectivity index (χ0) is 19.7. The van der Waals surface area contributed by atoms with Crippen molar-refractivity contribution in [2.75, 3.05) is 10.2 Å². The summed E-state index contributed by atoms with van der Waals surface area (Å²) in [4.78, 5) is 31.1. The maximum atomic E-state index is 13.8. The highest BCUT2D eigenvalue weighted by molar-refractivity contribution is 6.16. The van der Waals surface area contributed by atoms with Crippen LogP contribution in [0.5, 0.6) is 0 Å². The van der Waals surface area contributed by atoms with E-state index in [9.17, 15) is 18.4 Å². The summed E-state index contributed by atoms with van der Waals surface area (Å²) < 4.78 is 27.3. The van der Waals surface area contributed by atoms with Gasteiger partial charge < -0.3 is 5.32 Å². The Morgan fingerprint density at radius 2 is 1.79 bits per heavy atom. The Labute approximate surface area is 159 Å². The Morgan fingerprint density at radius 3 is 2.43 bits per heavy atom. The highest BCUT2D eigenvalue weighted by Gasteiger charge is 2.58. The molecule has 1 aliphatic heterocycles. The Bertz CT molecular complexity index is 1060. The van der Waals surface area contributed by atoms with Crippen molar-refractivity contribution in [2.45, 2.75) is 12.0 Å². The van der Waals surface area contributed by atoms with E-state index in [0.29, 0.717) is 5.56 Å². The molecule has 3 aromatic rings. The largest absolute Gasteiger partial charge is 0.324 e. The van der Waals surface area contributed by atoms with Crippen molar-refractivity contribution in [1.82, 2.24) is 4.98 Å². The van der Waals surface area contributed by atoms with Gasteiger partial charge in [-0.15, -0.1) is 0 Å². The number of aromatic nitrogens is 1. The fraction of sp³-hybridized carbons (Fsp3) is 0.0952. The summed E-state index contributed by atoms with van der Waals surface area (Å²) in [6.07, 6.45) is 2.93. The van der Waals surface area contributed by atoms with Gasteiger partial charge in [0.05, 0.1) is 6.42 Å². The van der Waals surface area contributed by atoms with Crippen LogP contribution in [0.2, 0.25) is 0 Å². The van der Waals surface area contributed by atoms with Gasteiger partial charge in [0.15, 0.2) is 5.54 Å². The van der Waals surface area contributed by atoms with Gasteiger partial charge in [0.1, 0.15) is 11.6 Å². The van der Waals surface area contributed by atoms with Crippen molar-refractivity contribution in [3.05, 3.63) is 90.3 Å². The monoisotopic (exact) mass is 379 g/mol. The highest BCUT2D eigenvalue weighted by Crippen LogP contribution is 2.45. The number of benzene rings is 2. The number of rotatable bonds is 4. The highest BCUT2D eigenvalue weighted by atomic mass is 19.1.